The summed E-state index contributed by atoms with van der Waals surface area (Å²) in [6.45, 7) is 1.95. The van der Waals surface area contributed by atoms with Gasteiger partial charge in [-0.2, -0.15) is 5.26 Å². The summed E-state index contributed by atoms with van der Waals surface area (Å²) >= 11 is 1.20. The number of carbonyl (C=O) groups excluding carboxylic acids is 2. The molecule has 1 heterocycles. The molecule has 0 saturated carbocycles. The number of rotatable bonds is 3. The molecular weight excluding hydrogens is 334 g/mol. The van der Waals surface area contributed by atoms with Gasteiger partial charge in [-0.3, -0.25) is 14.5 Å². The summed E-state index contributed by atoms with van der Waals surface area (Å²) < 4.78 is 0. The summed E-state index contributed by atoms with van der Waals surface area (Å²) in [5, 5.41) is 12.6. The second-order valence-corrected chi connectivity index (χ2v) is 6.43. The van der Waals surface area contributed by atoms with Crippen LogP contribution < -0.4 is 10.2 Å². The normalized spacial score (nSPS) is 15.7. The van der Waals surface area contributed by atoms with E-state index in [1.807, 2.05) is 43.3 Å². The highest BCUT2D eigenvalue weighted by Gasteiger charge is 2.33. The van der Waals surface area contributed by atoms with Crippen LogP contribution in [0, 0.1) is 18.3 Å². The van der Waals surface area contributed by atoms with Crippen LogP contribution in [0.2, 0.25) is 0 Å². The van der Waals surface area contributed by atoms with Gasteiger partial charge in [0.05, 0.1) is 5.75 Å². The Bertz CT molecular complexity index is 883. The second-order valence-electron chi connectivity index (χ2n) is 5.47. The molecule has 6 heteroatoms. The van der Waals surface area contributed by atoms with Crippen LogP contribution in [0.15, 0.2) is 65.2 Å². The molecule has 25 heavy (non-hydrogen) atoms. The lowest BCUT2D eigenvalue weighted by atomic mass is 10.2. The molecule has 0 atom stereocenters. The molecule has 2 aromatic carbocycles. The van der Waals surface area contributed by atoms with Gasteiger partial charge >= 0.3 is 0 Å². The Morgan fingerprint density at radius 1 is 1.16 bits per heavy atom. The van der Waals surface area contributed by atoms with Gasteiger partial charge in [0.1, 0.15) is 16.7 Å². The van der Waals surface area contributed by atoms with Crippen LogP contribution >= 0.6 is 11.8 Å². The third-order valence-corrected chi connectivity index (χ3v) is 4.71. The zero-order valence-electron chi connectivity index (χ0n) is 13.5. The van der Waals surface area contributed by atoms with Crippen molar-refractivity contribution in [1.82, 2.24) is 0 Å². The predicted molar refractivity (Wildman–Crippen MR) is 98.8 cm³/mol. The van der Waals surface area contributed by atoms with E-state index < -0.39 is 5.91 Å². The largest absolute Gasteiger partial charge is 0.321 e. The Hall–Kier alpha value is -3.04. The summed E-state index contributed by atoms with van der Waals surface area (Å²) in [5.41, 5.74) is 2.25. The van der Waals surface area contributed by atoms with E-state index in [0.29, 0.717) is 16.4 Å². The van der Waals surface area contributed by atoms with E-state index in [1.54, 1.807) is 24.3 Å². The first-order chi connectivity index (χ1) is 12.1. The summed E-state index contributed by atoms with van der Waals surface area (Å²) in [5.74, 6) is -0.473. The van der Waals surface area contributed by atoms with E-state index >= 15 is 0 Å². The van der Waals surface area contributed by atoms with Gasteiger partial charge in [-0.15, -0.1) is 0 Å². The monoisotopic (exact) mass is 349 g/mol. The molecule has 0 aromatic heterocycles. The number of hydrogen-bond acceptors (Lipinski definition) is 4. The molecule has 1 fully saturated rings. The van der Waals surface area contributed by atoms with Gasteiger partial charge in [0.25, 0.3) is 5.91 Å². The summed E-state index contributed by atoms with van der Waals surface area (Å²) in [6.07, 6.45) is 0. The molecule has 3 rings (SSSR count). The number of thioether (sulfide) groups is 1. The Morgan fingerprint density at radius 3 is 2.48 bits per heavy atom. The van der Waals surface area contributed by atoms with Gasteiger partial charge in [0.2, 0.25) is 5.91 Å². The lowest BCUT2D eigenvalue weighted by Crippen LogP contribution is -2.26. The van der Waals surface area contributed by atoms with Crippen molar-refractivity contribution in [3.8, 4) is 6.07 Å². The van der Waals surface area contributed by atoms with Crippen molar-refractivity contribution in [2.45, 2.75) is 6.92 Å². The van der Waals surface area contributed by atoms with Crippen LogP contribution in [0.5, 0.6) is 0 Å². The number of anilines is 2. The molecular formula is C19H15N3O2S. The van der Waals surface area contributed by atoms with Gasteiger partial charge < -0.3 is 5.32 Å². The summed E-state index contributed by atoms with van der Waals surface area (Å²) in [7, 11) is 0. The molecule has 0 aliphatic carbocycles. The molecule has 2 amide bonds. The van der Waals surface area contributed by atoms with Crippen LogP contribution in [0.1, 0.15) is 5.56 Å². The first-order valence-electron chi connectivity index (χ1n) is 7.63. The standard InChI is InChI=1S/C19H15N3O2S/c1-13-7-9-14(10-8-13)21-18(24)16(11-20)19-22(17(23)12-25-19)15-5-3-2-4-6-15/h2-10H,12H2,1H3,(H,21,24)/b19-16-. The van der Waals surface area contributed by atoms with Crippen molar-refractivity contribution in [2.75, 3.05) is 16.0 Å². The third-order valence-electron chi connectivity index (χ3n) is 3.66. The van der Waals surface area contributed by atoms with Crippen LogP contribution in [0.3, 0.4) is 0 Å². The molecule has 124 valence electrons. The molecule has 2 aromatic rings. The average molecular weight is 349 g/mol. The van der Waals surface area contributed by atoms with Crippen LogP contribution in [-0.4, -0.2) is 17.6 Å². The highest BCUT2D eigenvalue weighted by Crippen LogP contribution is 2.36. The lowest BCUT2D eigenvalue weighted by Gasteiger charge is -2.18. The average Bonchev–Trinajstić information content (AvgIpc) is 3.00. The minimum Gasteiger partial charge on any atom is -0.321 e. The maximum absolute atomic E-state index is 12.6. The van der Waals surface area contributed by atoms with E-state index in [1.165, 1.54) is 16.7 Å². The number of hydrogen-bond donors (Lipinski definition) is 1. The fraction of sp³-hybridized carbons (Fsp3) is 0.105. The highest BCUT2D eigenvalue weighted by atomic mass is 32.2. The van der Waals surface area contributed by atoms with Gasteiger partial charge in [0.15, 0.2) is 0 Å². The number of amides is 2. The fourth-order valence-corrected chi connectivity index (χ4v) is 3.43. The number of nitrogens with one attached hydrogen (secondary N) is 1. The zero-order valence-corrected chi connectivity index (χ0v) is 14.3. The topological polar surface area (TPSA) is 73.2 Å². The number of aryl methyl sites for hydroxylation is 1. The molecule has 0 radical (unpaired) electrons. The number of benzene rings is 2. The molecule has 0 bridgehead atoms. The van der Waals surface area contributed by atoms with Crippen molar-refractivity contribution >= 4 is 35.0 Å². The first kappa shape index (κ1) is 16.8. The molecule has 0 spiro atoms. The molecule has 5 nitrogen and oxygen atoms in total. The number of nitriles is 1. The van der Waals surface area contributed by atoms with Gasteiger partial charge in [-0.1, -0.05) is 47.7 Å². The maximum Gasteiger partial charge on any atom is 0.269 e. The molecule has 1 aliphatic rings. The van der Waals surface area contributed by atoms with Crippen molar-refractivity contribution in [1.29, 1.82) is 5.26 Å². The summed E-state index contributed by atoms with van der Waals surface area (Å²) in [6, 6.07) is 18.2. The van der Waals surface area contributed by atoms with Crippen molar-refractivity contribution in [3.63, 3.8) is 0 Å². The van der Waals surface area contributed by atoms with Crippen LogP contribution in [0.25, 0.3) is 0 Å². The smallest absolute Gasteiger partial charge is 0.269 e. The Kier molecular flexibility index (Phi) is 4.87. The summed E-state index contributed by atoms with van der Waals surface area (Å²) in [4.78, 5) is 26.2. The number of nitrogens with zero attached hydrogens (tertiary/aromatic N) is 2. The van der Waals surface area contributed by atoms with Gasteiger partial charge in [-0.05, 0) is 31.2 Å². The van der Waals surface area contributed by atoms with Gasteiger partial charge in [0, 0.05) is 11.4 Å². The quantitative estimate of drug-likeness (QED) is 0.680. The maximum atomic E-state index is 12.6. The third kappa shape index (κ3) is 3.57. The molecule has 1 saturated heterocycles. The van der Waals surface area contributed by atoms with Crippen molar-refractivity contribution < 1.29 is 9.59 Å². The van der Waals surface area contributed by atoms with E-state index in [2.05, 4.69) is 5.32 Å². The minimum atomic E-state index is -0.524. The van der Waals surface area contributed by atoms with Gasteiger partial charge in [-0.25, -0.2) is 0 Å². The predicted octanol–water partition coefficient (Wildman–Crippen LogP) is 3.45. The van der Waals surface area contributed by atoms with Crippen molar-refractivity contribution in [3.05, 3.63) is 70.8 Å². The number of para-hydroxylation sites is 1. The Morgan fingerprint density at radius 2 is 1.84 bits per heavy atom. The Labute approximate surface area is 149 Å². The fourth-order valence-electron chi connectivity index (χ4n) is 2.42. The molecule has 1 N–H and O–H groups in total. The number of carbonyl (C=O) groups is 2. The van der Waals surface area contributed by atoms with E-state index in [-0.39, 0.29) is 17.2 Å². The van der Waals surface area contributed by atoms with Crippen molar-refractivity contribution in [2.24, 2.45) is 0 Å². The minimum absolute atomic E-state index is 0.0692. The van der Waals surface area contributed by atoms with E-state index in [0.717, 1.165) is 5.56 Å². The first-order valence-corrected chi connectivity index (χ1v) is 8.62. The van der Waals surface area contributed by atoms with E-state index in [4.69, 9.17) is 0 Å². The van der Waals surface area contributed by atoms with Crippen LogP contribution in [0.4, 0.5) is 11.4 Å². The zero-order chi connectivity index (χ0) is 17.8. The molecule has 1 aliphatic heterocycles. The lowest BCUT2D eigenvalue weighted by molar-refractivity contribution is -0.115. The molecule has 0 unspecified atom stereocenters. The second kappa shape index (κ2) is 7.24. The van der Waals surface area contributed by atoms with E-state index in [9.17, 15) is 14.9 Å². The van der Waals surface area contributed by atoms with Crippen LogP contribution in [-0.2, 0) is 9.59 Å². The Balaban J connectivity index is 1.94. The highest BCUT2D eigenvalue weighted by molar-refractivity contribution is 8.04. The SMILES string of the molecule is Cc1ccc(NC(=O)/C(C#N)=C2\SCC(=O)N2c2ccccc2)cc1.